The van der Waals surface area contributed by atoms with Crippen molar-refractivity contribution in [1.82, 2.24) is 4.98 Å². The highest BCUT2D eigenvalue weighted by atomic mass is 35.5. The maximum Gasteiger partial charge on any atom is 0.274 e. The first-order valence-electron chi connectivity index (χ1n) is 8.59. The first-order chi connectivity index (χ1) is 13.1. The van der Waals surface area contributed by atoms with Crippen LogP contribution in [0.5, 0.6) is 0 Å². The number of carbonyl (C=O) groups is 1. The predicted octanol–water partition coefficient (Wildman–Crippen LogP) is 4.63. The molecule has 0 radical (unpaired) electrons. The lowest BCUT2D eigenvalue weighted by Crippen LogP contribution is -2.26. The maximum atomic E-state index is 12.4. The number of hydrogen-bond acceptors (Lipinski definition) is 4. The first-order valence-corrected chi connectivity index (χ1v) is 10.1. The highest BCUT2D eigenvalue weighted by molar-refractivity contribution is 7.91. The van der Waals surface area contributed by atoms with Gasteiger partial charge < -0.3 is 9.87 Å². The van der Waals surface area contributed by atoms with Gasteiger partial charge in [0.25, 0.3) is 5.91 Å². The quantitative estimate of drug-likeness (QED) is 0.449. The molecular weight excluding hydrogens is 394 g/mol. The van der Waals surface area contributed by atoms with Gasteiger partial charge in [-0.15, -0.1) is 5.92 Å². The fraction of sp³-hybridized carbons (Fsp3) is 0.286. The summed E-state index contributed by atoms with van der Waals surface area (Å²) < 4.78 is 16.1. The SMILES string of the molecule is CC#Cc1ccc(C(=O)Nc2ccc(Cl)c(/C(C)=N/[S+]([O-])C(C)(C)C)c2)nc1. The third-order valence-corrected chi connectivity index (χ3v) is 5.44. The van der Waals surface area contributed by atoms with Crippen LogP contribution in [0.4, 0.5) is 5.69 Å². The summed E-state index contributed by atoms with van der Waals surface area (Å²) in [6.45, 7) is 9.03. The molecule has 0 aliphatic carbocycles. The second kappa shape index (κ2) is 9.24. The number of rotatable bonds is 4. The monoisotopic (exact) mass is 415 g/mol. The third-order valence-electron chi connectivity index (χ3n) is 3.62. The number of nitrogens with one attached hydrogen (secondary N) is 1. The molecule has 0 saturated carbocycles. The van der Waals surface area contributed by atoms with Crippen molar-refractivity contribution in [3.8, 4) is 11.8 Å². The average Bonchev–Trinajstić information content (AvgIpc) is 2.63. The Hall–Kier alpha value is -2.33. The summed E-state index contributed by atoms with van der Waals surface area (Å²) in [5.41, 5.74) is 2.71. The molecule has 28 heavy (non-hydrogen) atoms. The van der Waals surface area contributed by atoms with Crippen LogP contribution >= 0.6 is 11.6 Å². The van der Waals surface area contributed by atoms with Gasteiger partial charge in [0, 0.05) is 28.0 Å². The van der Waals surface area contributed by atoms with Gasteiger partial charge >= 0.3 is 0 Å². The molecule has 0 spiro atoms. The molecule has 146 valence electrons. The molecule has 2 aromatic rings. The van der Waals surface area contributed by atoms with E-state index in [1.807, 2.05) is 20.8 Å². The molecule has 7 heteroatoms. The maximum absolute atomic E-state index is 12.4. The van der Waals surface area contributed by atoms with E-state index >= 15 is 0 Å². The van der Waals surface area contributed by atoms with Crippen molar-refractivity contribution in [2.24, 2.45) is 4.40 Å². The van der Waals surface area contributed by atoms with Crippen molar-refractivity contribution < 1.29 is 9.35 Å². The van der Waals surface area contributed by atoms with E-state index < -0.39 is 16.1 Å². The van der Waals surface area contributed by atoms with E-state index in [2.05, 4.69) is 26.5 Å². The fourth-order valence-corrected chi connectivity index (χ4v) is 3.01. The van der Waals surface area contributed by atoms with E-state index in [-0.39, 0.29) is 11.6 Å². The number of hydrogen-bond donors (Lipinski definition) is 1. The van der Waals surface area contributed by atoms with Gasteiger partial charge in [-0.1, -0.05) is 21.9 Å². The Morgan fingerprint density at radius 3 is 2.57 bits per heavy atom. The number of pyridine rings is 1. The third kappa shape index (κ3) is 5.83. The number of aromatic nitrogens is 1. The highest BCUT2D eigenvalue weighted by Gasteiger charge is 2.27. The second-order valence-corrected chi connectivity index (χ2v) is 9.31. The molecule has 1 aromatic carbocycles. The zero-order valence-electron chi connectivity index (χ0n) is 16.5. The van der Waals surface area contributed by atoms with Gasteiger partial charge in [-0.3, -0.25) is 4.79 Å². The molecule has 0 bridgehead atoms. The van der Waals surface area contributed by atoms with Crippen LogP contribution in [0.2, 0.25) is 5.02 Å². The number of benzene rings is 1. The number of carbonyl (C=O) groups excluding carboxylic acids is 1. The Labute approximate surface area is 173 Å². The second-order valence-electron chi connectivity index (χ2n) is 6.99. The van der Waals surface area contributed by atoms with Crippen LogP contribution in [0.3, 0.4) is 0 Å². The fourth-order valence-electron chi connectivity index (χ4n) is 2.13. The van der Waals surface area contributed by atoms with Crippen molar-refractivity contribution in [3.63, 3.8) is 0 Å². The number of nitrogens with zero attached hydrogens (tertiary/aromatic N) is 2. The van der Waals surface area contributed by atoms with Gasteiger partial charge in [0.05, 0.1) is 5.71 Å². The Kier molecular flexibility index (Phi) is 7.25. The lowest BCUT2D eigenvalue weighted by atomic mass is 10.1. The van der Waals surface area contributed by atoms with Crippen LogP contribution in [0.1, 0.15) is 56.2 Å². The van der Waals surface area contributed by atoms with E-state index in [0.717, 1.165) is 5.56 Å². The normalized spacial score (nSPS) is 12.8. The minimum Gasteiger partial charge on any atom is -0.591 e. The lowest BCUT2D eigenvalue weighted by Gasteiger charge is -2.19. The molecule has 1 N–H and O–H groups in total. The number of halogens is 1. The first kappa shape index (κ1) is 22.0. The Bertz CT molecular complexity index is 954. The summed E-state index contributed by atoms with van der Waals surface area (Å²) in [4.78, 5) is 16.6. The predicted molar refractivity (Wildman–Crippen MR) is 116 cm³/mol. The van der Waals surface area contributed by atoms with Crippen LogP contribution in [0.15, 0.2) is 40.9 Å². The van der Waals surface area contributed by atoms with Crippen molar-refractivity contribution in [2.75, 3.05) is 5.32 Å². The summed E-state index contributed by atoms with van der Waals surface area (Å²) in [5.74, 6) is 5.31. The van der Waals surface area contributed by atoms with Gasteiger partial charge in [0.1, 0.15) is 21.8 Å². The summed E-state index contributed by atoms with van der Waals surface area (Å²) in [5, 5.41) is 3.25. The minimum absolute atomic E-state index is 0.275. The Morgan fingerprint density at radius 1 is 1.29 bits per heavy atom. The minimum atomic E-state index is -1.41. The van der Waals surface area contributed by atoms with Gasteiger partial charge in [0.15, 0.2) is 0 Å². The van der Waals surface area contributed by atoms with Crippen LogP contribution in [-0.2, 0) is 11.4 Å². The Balaban J connectivity index is 2.23. The van der Waals surface area contributed by atoms with Gasteiger partial charge in [0.2, 0.25) is 0 Å². The molecule has 1 heterocycles. The lowest BCUT2D eigenvalue weighted by molar-refractivity contribution is 0.102. The summed E-state index contributed by atoms with van der Waals surface area (Å²) in [6, 6.07) is 8.42. The smallest absolute Gasteiger partial charge is 0.274 e. The molecule has 5 nitrogen and oxygen atoms in total. The molecule has 0 aliphatic heterocycles. The topological polar surface area (TPSA) is 77.4 Å². The molecule has 0 saturated heterocycles. The van der Waals surface area contributed by atoms with Crippen molar-refractivity contribution in [3.05, 3.63) is 58.4 Å². The van der Waals surface area contributed by atoms with Crippen molar-refractivity contribution in [2.45, 2.75) is 39.4 Å². The van der Waals surface area contributed by atoms with Crippen molar-refractivity contribution >= 4 is 40.3 Å². The van der Waals surface area contributed by atoms with Crippen LogP contribution in [0.25, 0.3) is 0 Å². The van der Waals surface area contributed by atoms with E-state index in [9.17, 15) is 9.35 Å². The van der Waals surface area contributed by atoms with Crippen LogP contribution in [-0.4, -0.2) is 25.9 Å². The molecule has 1 aromatic heterocycles. The van der Waals surface area contributed by atoms with E-state index in [0.29, 0.717) is 22.0 Å². The molecule has 1 unspecified atom stereocenters. The average molecular weight is 416 g/mol. The molecule has 0 fully saturated rings. The molecule has 0 aliphatic rings. The molecule has 1 amide bonds. The van der Waals surface area contributed by atoms with Crippen molar-refractivity contribution in [1.29, 1.82) is 0 Å². The molecular formula is C21H22ClN3O2S. The summed E-state index contributed by atoms with van der Waals surface area (Å²) in [7, 11) is 0. The number of amides is 1. The van der Waals surface area contributed by atoms with Gasteiger partial charge in [-0.25, -0.2) is 4.98 Å². The van der Waals surface area contributed by atoms with Crippen LogP contribution in [0, 0.1) is 11.8 Å². The standard InChI is InChI=1S/C21H22ClN3O2S/c1-6-7-15-8-11-19(23-13-15)20(26)24-16-9-10-18(22)17(12-16)14(2)25-28(27)21(3,4)5/h8-13H,1-5H3,(H,24,26)/b25-14+. The zero-order valence-corrected chi connectivity index (χ0v) is 18.0. The van der Waals surface area contributed by atoms with E-state index in [1.54, 1.807) is 50.4 Å². The highest BCUT2D eigenvalue weighted by Crippen LogP contribution is 2.24. The van der Waals surface area contributed by atoms with Crippen LogP contribution < -0.4 is 5.32 Å². The summed E-state index contributed by atoms with van der Waals surface area (Å²) >= 11 is 4.87. The summed E-state index contributed by atoms with van der Waals surface area (Å²) in [6.07, 6.45) is 1.55. The largest absolute Gasteiger partial charge is 0.591 e. The number of anilines is 1. The van der Waals surface area contributed by atoms with E-state index in [1.165, 1.54) is 0 Å². The van der Waals surface area contributed by atoms with Gasteiger partial charge in [-0.2, -0.15) is 0 Å². The molecule has 1 atom stereocenters. The Morgan fingerprint density at radius 2 is 2.00 bits per heavy atom. The van der Waals surface area contributed by atoms with Gasteiger partial charge in [-0.05, 0) is 65.0 Å². The molecule has 2 rings (SSSR count). The zero-order chi connectivity index (χ0) is 20.9. The van der Waals surface area contributed by atoms with E-state index in [4.69, 9.17) is 11.6 Å².